The lowest BCUT2D eigenvalue weighted by Crippen LogP contribution is -2.53. The van der Waals surface area contributed by atoms with Crippen LogP contribution >= 0.6 is 0 Å². The number of alkyl halides is 3. The van der Waals surface area contributed by atoms with Gasteiger partial charge >= 0.3 is 6.18 Å². The maximum Gasteiger partial charge on any atom is 0.414 e. The standard InChI is InChI=1S/C24H39F3O2/c1-22-13-11-20-18(8-6-16-14-17(28)10-12-23(16,20)2)19(22)9-7-15(22)4-3-5-21(29)24(25,26)27/h15-21,28-29H,3-14H2,1-2H3/t15-,16?,17?,18-,19?,20?,21+,22?,23-/m0/s1. The number of hydrogen-bond donors (Lipinski definition) is 2. The average molecular weight is 417 g/mol. The van der Waals surface area contributed by atoms with Crippen LogP contribution in [0.25, 0.3) is 0 Å². The first kappa shape index (κ1) is 21.9. The Balaban J connectivity index is 1.41. The van der Waals surface area contributed by atoms with E-state index in [0.29, 0.717) is 29.6 Å². The lowest BCUT2D eigenvalue weighted by molar-refractivity contribution is -0.205. The van der Waals surface area contributed by atoms with Gasteiger partial charge in [-0.1, -0.05) is 20.3 Å². The minimum Gasteiger partial charge on any atom is -0.393 e. The highest BCUT2D eigenvalue weighted by Crippen LogP contribution is 2.67. The molecule has 4 rings (SSSR count). The van der Waals surface area contributed by atoms with E-state index in [1.165, 1.54) is 32.1 Å². The Morgan fingerprint density at radius 3 is 2.34 bits per heavy atom. The minimum absolute atomic E-state index is 0.110. The number of aliphatic hydroxyl groups is 2. The monoisotopic (exact) mass is 416 g/mol. The molecule has 5 heteroatoms. The van der Waals surface area contributed by atoms with Gasteiger partial charge in [0.05, 0.1) is 6.10 Å². The van der Waals surface area contributed by atoms with E-state index in [1.807, 2.05) is 0 Å². The Bertz CT molecular complexity index is 593. The molecule has 0 spiro atoms. The largest absolute Gasteiger partial charge is 0.414 e. The zero-order chi connectivity index (χ0) is 21.0. The van der Waals surface area contributed by atoms with Crippen molar-refractivity contribution in [3.05, 3.63) is 0 Å². The lowest BCUT2D eigenvalue weighted by atomic mass is 9.44. The van der Waals surface area contributed by atoms with Crippen molar-refractivity contribution in [1.29, 1.82) is 0 Å². The van der Waals surface area contributed by atoms with Gasteiger partial charge in [-0.15, -0.1) is 0 Å². The predicted molar refractivity (Wildman–Crippen MR) is 107 cm³/mol. The molecule has 168 valence electrons. The highest BCUT2D eigenvalue weighted by Gasteiger charge is 2.59. The van der Waals surface area contributed by atoms with Crippen LogP contribution in [-0.4, -0.2) is 28.6 Å². The van der Waals surface area contributed by atoms with E-state index in [-0.39, 0.29) is 17.9 Å². The van der Waals surface area contributed by atoms with Crippen molar-refractivity contribution in [3.8, 4) is 0 Å². The Morgan fingerprint density at radius 2 is 1.62 bits per heavy atom. The van der Waals surface area contributed by atoms with Gasteiger partial charge in [-0.25, -0.2) is 0 Å². The van der Waals surface area contributed by atoms with E-state index in [0.717, 1.165) is 43.9 Å². The van der Waals surface area contributed by atoms with E-state index in [1.54, 1.807) is 0 Å². The summed E-state index contributed by atoms with van der Waals surface area (Å²) in [6.45, 7) is 4.92. The third-order valence-corrected chi connectivity index (χ3v) is 10.2. The molecular weight excluding hydrogens is 377 g/mol. The summed E-state index contributed by atoms with van der Waals surface area (Å²) in [5.74, 6) is 3.41. The molecule has 4 saturated carbocycles. The van der Waals surface area contributed by atoms with Crippen molar-refractivity contribution in [3.63, 3.8) is 0 Å². The smallest absolute Gasteiger partial charge is 0.393 e. The molecule has 0 aromatic rings. The minimum atomic E-state index is -4.48. The van der Waals surface area contributed by atoms with Crippen LogP contribution in [0.2, 0.25) is 0 Å². The second-order valence-electron chi connectivity index (χ2n) is 11.4. The van der Waals surface area contributed by atoms with E-state index in [4.69, 9.17) is 0 Å². The SMILES string of the molecule is CC12CCC3[C@@H](CCC4CC(O)CC[C@@]43C)C1CC[C@@H]2CCC[C@@H](O)C(F)(F)F. The summed E-state index contributed by atoms with van der Waals surface area (Å²) in [6, 6.07) is 0. The van der Waals surface area contributed by atoms with Crippen LogP contribution in [0.3, 0.4) is 0 Å². The Kier molecular flexibility index (Phi) is 5.81. The summed E-state index contributed by atoms with van der Waals surface area (Å²) in [5.41, 5.74) is 0.639. The van der Waals surface area contributed by atoms with Gasteiger partial charge in [0.15, 0.2) is 0 Å². The van der Waals surface area contributed by atoms with Gasteiger partial charge < -0.3 is 10.2 Å². The van der Waals surface area contributed by atoms with Crippen molar-refractivity contribution in [2.45, 2.75) is 109 Å². The van der Waals surface area contributed by atoms with Gasteiger partial charge in [0.2, 0.25) is 0 Å². The summed E-state index contributed by atoms with van der Waals surface area (Å²) in [4.78, 5) is 0. The fourth-order valence-corrected chi connectivity index (χ4v) is 8.54. The highest BCUT2D eigenvalue weighted by atomic mass is 19.4. The summed E-state index contributed by atoms with van der Waals surface area (Å²) in [5, 5.41) is 19.5. The summed E-state index contributed by atoms with van der Waals surface area (Å²) in [7, 11) is 0. The summed E-state index contributed by atoms with van der Waals surface area (Å²) < 4.78 is 37.8. The van der Waals surface area contributed by atoms with Crippen LogP contribution in [0.15, 0.2) is 0 Å². The molecule has 29 heavy (non-hydrogen) atoms. The summed E-state index contributed by atoms with van der Waals surface area (Å²) in [6.07, 6.45) is 4.80. The fraction of sp³-hybridized carbons (Fsp3) is 1.00. The zero-order valence-corrected chi connectivity index (χ0v) is 18.1. The topological polar surface area (TPSA) is 40.5 Å². The van der Waals surface area contributed by atoms with E-state index in [9.17, 15) is 23.4 Å². The quantitative estimate of drug-likeness (QED) is 0.581. The first-order chi connectivity index (χ1) is 13.6. The normalized spacial score (nSPS) is 48.5. The zero-order valence-electron chi connectivity index (χ0n) is 18.1. The second-order valence-corrected chi connectivity index (χ2v) is 11.4. The van der Waals surface area contributed by atoms with Crippen molar-refractivity contribution in [2.75, 3.05) is 0 Å². The molecule has 9 atom stereocenters. The maximum atomic E-state index is 12.6. The third-order valence-electron chi connectivity index (χ3n) is 10.2. The molecule has 0 saturated heterocycles. The molecule has 2 N–H and O–H groups in total. The van der Waals surface area contributed by atoms with Crippen LogP contribution in [-0.2, 0) is 0 Å². The number of halogens is 3. The molecule has 5 unspecified atom stereocenters. The molecule has 0 aromatic heterocycles. The van der Waals surface area contributed by atoms with Crippen LogP contribution in [0, 0.1) is 40.4 Å². The first-order valence-electron chi connectivity index (χ1n) is 12.0. The Hall–Kier alpha value is -0.290. The number of rotatable bonds is 4. The van der Waals surface area contributed by atoms with Crippen LogP contribution in [0.1, 0.15) is 90.9 Å². The number of fused-ring (bicyclic) bond motifs is 5. The first-order valence-corrected chi connectivity index (χ1v) is 12.0. The van der Waals surface area contributed by atoms with E-state index >= 15 is 0 Å². The lowest BCUT2D eigenvalue weighted by Gasteiger charge is -2.61. The van der Waals surface area contributed by atoms with Crippen molar-refractivity contribution in [1.82, 2.24) is 0 Å². The van der Waals surface area contributed by atoms with Gasteiger partial charge in [-0.2, -0.15) is 13.2 Å². The van der Waals surface area contributed by atoms with Crippen LogP contribution in [0.5, 0.6) is 0 Å². The summed E-state index contributed by atoms with van der Waals surface area (Å²) >= 11 is 0. The van der Waals surface area contributed by atoms with E-state index in [2.05, 4.69) is 13.8 Å². The maximum absolute atomic E-state index is 12.6. The van der Waals surface area contributed by atoms with Gasteiger partial charge in [-0.05, 0) is 111 Å². The molecule has 4 fully saturated rings. The number of hydrogen-bond acceptors (Lipinski definition) is 2. The number of aliphatic hydroxyl groups excluding tert-OH is 2. The van der Waals surface area contributed by atoms with Crippen molar-refractivity contribution < 1.29 is 23.4 Å². The average Bonchev–Trinajstić information content (AvgIpc) is 2.98. The molecule has 0 amide bonds. The molecule has 0 heterocycles. The Morgan fingerprint density at radius 1 is 0.931 bits per heavy atom. The fourth-order valence-electron chi connectivity index (χ4n) is 8.54. The third kappa shape index (κ3) is 3.77. The second kappa shape index (κ2) is 7.69. The molecule has 0 radical (unpaired) electrons. The van der Waals surface area contributed by atoms with Crippen LogP contribution in [0.4, 0.5) is 13.2 Å². The molecular formula is C24H39F3O2. The van der Waals surface area contributed by atoms with Gasteiger partial charge in [0.25, 0.3) is 0 Å². The van der Waals surface area contributed by atoms with E-state index < -0.39 is 12.3 Å². The molecule has 2 nitrogen and oxygen atoms in total. The molecule has 0 aromatic carbocycles. The predicted octanol–water partition coefficient (Wildman–Crippen LogP) is 6.10. The molecule has 4 aliphatic rings. The molecule has 0 aliphatic heterocycles. The van der Waals surface area contributed by atoms with Crippen LogP contribution < -0.4 is 0 Å². The Labute approximate surface area is 173 Å². The highest BCUT2D eigenvalue weighted by molar-refractivity contribution is 5.09. The molecule has 4 aliphatic carbocycles. The van der Waals surface area contributed by atoms with Gasteiger partial charge in [0, 0.05) is 0 Å². The van der Waals surface area contributed by atoms with Crippen molar-refractivity contribution >= 4 is 0 Å². The van der Waals surface area contributed by atoms with Gasteiger partial charge in [-0.3, -0.25) is 0 Å². The molecule has 0 bridgehead atoms. The van der Waals surface area contributed by atoms with Crippen molar-refractivity contribution in [2.24, 2.45) is 40.4 Å². The van der Waals surface area contributed by atoms with Gasteiger partial charge in [0.1, 0.15) is 6.10 Å².